The largest absolute Gasteiger partial charge is 0.497 e. The lowest BCUT2D eigenvalue weighted by atomic mass is 10.1. The van der Waals surface area contributed by atoms with Gasteiger partial charge < -0.3 is 10.1 Å². The van der Waals surface area contributed by atoms with Crippen LogP contribution in [0, 0.1) is 6.92 Å². The lowest BCUT2D eigenvalue weighted by Crippen LogP contribution is -2.19. The van der Waals surface area contributed by atoms with Gasteiger partial charge in [-0.05, 0) is 32.5 Å². The molecule has 1 aromatic heterocycles. The molecule has 20 heavy (non-hydrogen) atoms. The van der Waals surface area contributed by atoms with Gasteiger partial charge >= 0.3 is 0 Å². The number of nitrogens with zero attached hydrogens (tertiary/aromatic N) is 2. The summed E-state index contributed by atoms with van der Waals surface area (Å²) in [6.07, 6.45) is 1.91. The van der Waals surface area contributed by atoms with Gasteiger partial charge in [0, 0.05) is 29.1 Å². The third kappa shape index (κ3) is 3.14. The smallest absolute Gasteiger partial charge is 0.159 e. The van der Waals surface area contributed by atoms with Gasteiger partial charge in [0.05, 0.1) is 7.11 Å². The average Bonchev–Trinajstić information content (AvgIpc) is 2.47. The van der Waals surface area contributed by atoms with Crippen LogP contribution in [0.4, 0.5) is 0 Å². The number of ether oxygens (including phenoxy) is 1. The molecule has 0 saturated carbocycles. The van der Waals surface area contributed by atoms with E-state index in [1.54, 1.807) is 7.11 Å². The van der Waals surface area contributed by atoms with Crippen LogP contribution in [-0.2, 0) is 0 Å². The van der Waals surface area contributed by atoms with Crippen molar-refractivity contribution in [1.29, 1.82) is 0 Å². The molecule has 0 saturated heterocycles. The van der Waals surface area contributed by atoms with Gasteiger partial charge in [0.1, 0.15) is 5.75 Å². The second kappa shape index (κ2) is 6.48. The Morgan fingerprint density at radius 1 is 1.35 bits per heavy atom. The summed E-state index contributed by atoms with van der Waals surface area (Å²) in [5.74, 6) is 1.54. The van der Waals surface area contributed by atoms with Crippen molar-refractivity contribution in [2.75, 3.05) is 13.7 Å². The molecule has 4 heteroatoms. The minimum absolute atomic E-state index is 0.263. The van der Waals surface area contributed by atoms with Crippen LogP contribution in [-0.4, -0.2) is 23.6 Å². The molecular weight excluding hydrogens is 250 g/mol. The molecule has 1 aromatic carbocycles. The van der Waals surface area contributed by atoms with E-state index < -0.39 is 0 Å². The number of hydrogen-bond donors (Lipinski definition) is 1. The molecule has 0 aliphatic carbocycles. The third-order valence-corrected chi connectivity index (χ3v) is 3.32. The van der Waals surface area contributed by atoms with E-state index in [4.69, 9.17) is 4.74 Å². The van der Waals surface area contributed by atoms with Crippen LogP contribution < -0.4 is 10.1 Å². The highest BCUT2D eigenvalue weighted by Gasteiger charge is 2.11. The Balaban J connectivity index is 2.32. The second-order valence-electron chi connectivity index (χ2n) is 4.75. The van der Waals surface area contributed by atoms with Crippen LogP contribution in [0.1, 0.15) is 31.1 Å². The summed E-state index contributed by atoms with van der Waals surface area (Å²) in [4.78, 5) is 9.10. The molecule has 1 atom stereocenters. The Bertz CT molecular complexity index is 584. The fraction of sp³-hybridized carbons (Fsp3) is 0.375. The zero-order valence-corrected chi connectivity index (χ0v) is 12.5. The highest BCUT2D eigenvalue weighted by atomic mass is 16.5. The first-order valence-electron chi connectivity index (χ1n) is 6.87. The molecule has 106 valence electrons. The highest BCUT2D eigenvalue weighted by Crippen LogP contribution is 2.23. The minimum atomic E-state index is 0.263. The molecule has 0 spiro atoms. The van der Waals surface area contributed by atoms with Crippen molar-refractivity contribution in [2.24, 2.45) is 0 Å². The fourth-order valence-corrected chi connectivity index (χ4v) is 2.22. The number of methoxy groups -OCH3 is 1. The van der Waals surface area contributed by atoms with Crippen LogP contribution >= 0.6 is 0 Å². The SMILES string of the molecule is CCNC(C)c1cnc(-c2cccc(OC)c2)nc1C. The molecular formula is C16H21N3O. The lowest BCUT2D eigenvalue weighted by Gasteiger charge is -2.15. The zero-order valence-electron chi connectivity index (χ0n) is 12.5. The van der Waals surface area contributed by atoms with Crippen LogP contribution in [0.2, 0.25) is 0 Å². The van der Waals surface area contributed by atoms with Gasteiger partial charge in [-0.2, -0.15) is 0 Å². The molecule has 1 N–H and O–H groups in total. The average molecular weight is 271 g/mol. The van der Waals surface area contributed by atoms with Crippen molar-refractivity contribution in [3.63, 3.8) is 0 Å². The molecule has 0 aliphatic heterocycles. The summed E-state index contributed by atoms with van der Waals surface area (Å²) < 4.78 is 5.23. The predicted octanol–water partition coefficient (Wildman–Crippen LogP) is 3.13. The number of benzene rings is 1. The molecule has 0 bridgehead atoms. The Hall–Kier alpha value is -1.94. The van der Waals surface area contributed by atoms with Crippen molar-refractivity contribution in [3.05, 3.63) is 41.7 Å². The Morgan fingerprint density at radius 3 is 2.80 bits per heavy atom. The lowest BCUT2D eigenvalue weighted by molar-refractivity contribution is 0.415. The molecule has 0 fully saturated rings. The Kier molecular flexibility index (Phi) is 4.69. The number of nitrogens with one attached hydrogen (secondary N) is 1. The van der Waals surface area contributed by atoms with Gasteiger partial charge in [0.25, 0.3) is 0 Å². The highest BCUT2D eigenvalue weighted by molar-refractivity contribution is 5.57. The molecule has 0 aliphatic rings. The van der Waals surface area contributed by atoms with Crippen LogP contribution in [0.15, 0.2) is 30.5 Å². The summed E-state index contributed by atoms with van der Waals surface area (Å²) in [5, 5.41) is 3.38. The van der Waals surface area contributed by atoms with Gasteiger partial charge in [-0.1, -0.05) is 19.1 Å². The molecule has 2 aromatic rings. The summed E-state index contributed by atoms with van der Waals surface area (Å²) in [6.45, 7) is 7.17. The Labute approximate surface area is 120 Å². The fourth-order valence-electron chi connectivity index (χ4n) is 2.22. The monoisotopic (exact) mass is 271 g/mol. The maximum atomic E-state index is 5.23. The number of hydrogen-bond acceptors (Lipinski definition) is 4. The predicted molar refractivity (Wildman–Crippen MR) is 80.8 cm³/mol. The van der Waals surface area contributed by atoms with Crippen molar-refractivity contribution in [3.8, 4) is 17.1 Å². The van der Waals surface area contributed by atoms with Crippen molar-refractivity contribution < 1.29 is 4.74 Å². The van der Waals surface area contributed by atoms with Gasteiger partial charge in [0.2, 0.25) is 0 Å². The minimum Gasteiger partial charge on any atom is -0.497 e. The maximum absolute atomic E-state index is 5.23. The van der Waals surface area contributed by atoms with Gasteiger partial charge in [-0.3, -0.25) is 0 Å². The first kappa shape index (κ1) is 14.5. The summed E-state index contributed by atoms with van der Waals surface area (Å²) >= 11 is 0. The molecule has 0 amide bonds. The normalized spacial score (nSPS) is 12.2. The van der Waals surface area contributed by atoms with E-state index in [0.29, 0.717) is 0 Å². The molecule has 0 radical (unpaired) electrons. The van der Waals surface area contributed by atoms with E-state index in [9.17, 15) is 0 Å². The third-order valence-electron chi connectivity index (χ3n) is 3.32. The van der Waals surface area contributed by atoms with E-state index in [1.165, 1.54) is 0 Å². The zero-order chi connectivity index (χ0) is 14.5. The summed E-state index contributed by atoms with van der Waals surface area (Å²) in [6, 6.07) is 8.06. The first-order chi connectivity index (χ1) is 9.65. The first-order valence-corrected chi connectivity index (χ1v) is 6.87. The van der Waals surface area contributed by atoms with Crippen molar-refractivity contribution in [2.45, 2.75) is 26.8 Å². The van der Waals surface area contributed by atoms with E-state index in [0.717, 1.165) is 34.9 Å². The number of rotatable bonds is 5. The van der Waals surface area contributed by atoms with Gasteiger partial charge in [-0.15, -0.1) is 0 Å². The molecule has 1 heterocycles. The maximum Gasteiger partial charge on any atom is 0.159 e. The summed E-state index contributed by atoms with van der Waals surface area (Å²) in [5.41, 5.74) is 3.11. The van der Waals surface area contributed by atoms with Crippen LogP contribution in [0.3, 0.4) is 0 Å². The topological polar surface area (TPSA) is 47.0 Å². The van der Waals surface area contributed by atoms with E-state index in [2.05, 4.69) is 29.1 Å². The van der Waals surface area contributed by atoms with Crippen LogP contribution in [0.5, 0.6) is 5.75 Å². The van der Waals surface area contributed by atoms with Crippen molar-refractivity contribution >= 4 is 0 Å². The number of aromatic nitrogens is 2. The van der Waals surface area contributed by atoms with E-state index in [-0.39, 0.29) is 6.04 Å². The Morgan fingerprint density at radius 2 is 2.15 bits per heavy atom. The quantitative estimate of drug-likeness (QED) is 0.907. The second-order valence-corrected chi connectivity index (χ2v) is 4.75. The number of aryl methyl sites for hydroxylation is 1. The summed E-state index contributed by atoms with van der Waals surface area (Å²) in [7, 11) is 1.66. The molecule has 1 unspecified atom stereocenters. The molecule has 4 nitrogen and oxygen atoms in total. The standard InChI is InChI=1S/C16H21N3O/c1-5-17-11(2)15-10-18-16(19-12(15)3)13-7-6-8-14(9-13)20-4/h6-11,17H,5H2,1-4H3. The van der Waals surface area contributed by atoms with Gasteiger partial charge in [0.15, 0.2) is 5.82 Å². The van der Waals surface area contributed by atoms with Gasteiger partial charge in [-0.25, -0.2) is 9.97 Å². The van der Waals surface area contributed by atoms with Crippen molar-refractivity contribution in [1.82, 2.24) is 15.3 Å². The molecule has 2 rings (SSSR count). The van der Waals surface area contributed by atoms with Crippen LogP contribution in [0.25, 0.3) is 11.4 Å². The van der Waals surface area contributed by atoms with E-state index in [1.807, 2.05) is 37.4 Å². The van der Waals surface area contributed by atoms with E-state index >= 15 is 0 Å².